The largest absolute Gasteiger partial charge is 0.411 e. The number of nitrogens with zero attached hydrogens (tertiary/aromatic N) is 2. The van der Waals surface area contributed by atoms with Gasteiger partial charge in [-0.1, -0.05) is 0 Å². The molecule has 0 aromatic rings. The predicted octanol–water partition coefficient (Wildman–Crippen LogP) is 0.828. The Morgan fingerprint density at radius 2 is 2.11 bits per heavy atom. The third-order valence-corrected chi connectivity index (χ3v) is 2.61. The molecule has 0 saturated carbocycles. The van der Waals surface area contributed by atoms with Gasteiger partial charge in [0.15, 0.2) is 0 Å². The topological polar surface area (TPSA) is 24.9 Å². The van der Waals surface area contributed by atoms with E-state index in [1.165, 1.54) is 0 Å². The monoisotopic (exact) mass is 270 g/mol. The van der Waals surface area contributed by atoms with Gasteiger partial charge in [-0.05, 0) is 14.1 Å². The first-order valence-electron chi connectivity index (χ1n) is 6.00. The van der Waals surface area contributed by atoms with Crippen LogP contribution in [0.1, 0.15) is 0 Å². The molecule has 7 heteroatoms. The number of hydrogen-bond acceptors (Lipinski definition) is 4. The second kappa shape index (κ2) is 7.28. The molecule has 0 bridgehead atoms. The Bertz CT molecular complexity index is 237. The van der Waals surface area contributed by atoms with Crippen LogP contribution in [-0.2, 0) is 9.47 Å². The van der Waals surface area contributed by atoms with Gasteiger partial charge in [0.2, 0.25) is 0 Å². The fourth-order valence-electron chi connectivity index (χ4n) is 1.88. The molecule has 1 rings (SSSR count). The molecule has 0 unspecified atom stereocenters. The van der Waals surface area contributed by atoms with Crippen molar-refractivity contribution < 1.29 is 22.6 Å². The molecule has 0 N–H and O–H groups in total. The van der Waals surface area contributed by atoms with Crippen LogP contribution in [0.4, 0.5) is 13.2 Å². The highest BCUT2D eigenvalue weighted by molar-refractivity contribution is 4.73. The first-order valence-corrected chi connectivity index (χ1v) is 6.00. The normalized spacial score (nSPS) is 22.7. The lowest BCUT2D eigenvalue weighted by Crippen LogP contribution is -2.47. The van der Waals surface area contributed by atoms with Gasteiger partial charge in [0.05, 0.1) is 19.3 Å². The quantitative estimate of drug-likeness (QED) is 0.667. The lowest BCUT2D eigenvalue weighted by atomic mass is 10.2. The maximum atomic E-state index is 11.9. The summed E-state index contributed by atoms with van der Waals surface area (Å²) in [5.41, 5.74) is 0. The van der Waals surface area contributed by atoms with Crippen LogP contribution < -0.4 is 0 Å². The van der Waals surface area contributed by atoms with E-state index in [1.54, 1.807) is 0 Å². The van der Waals surface area contributed by atoms with E-state index in [0.717, 1.165) is 19.6 Å². The molecule has 0 aromatic carbocycles. The number of hydrogen-bond donors (Lipinski definition) is 0. The van der Waals surface area contributed by atoms with E-state index in [0.29, 0.717) is 13.2 Å². The fraction of sp³-hybridized carbons (Fsp3) is 1.00. The van der Waals surface area contributed by atoms with Crippen molar-refractivity contribution in [1.29, 1.82) is 0 Å². The van der Waals surface area contributed by atoms with Crippen molar-refractivity contribution in [2.75, 3.05) is 60.1 Å². The summed E-state index contributed by atoms with van der Waals surface area (Å²) in [7, 11) is 3.93. The molecule has 4 nitrogen and oxygen atoms in total. The SMILES string of the molecule is CN(C)C[C@@H]1CN(CCOCC(F)(F)F)CCO1. The standard InChI is InChI=1S/C11H21F3N2O2/c1-15(2)7-10-8-16(4-6-18-10)3-5-17-9-11(12,13)14/h10H,3-9H2,1-2H3/t10-/m1/s1. The molecule has 0 spiro atoms. The maximum Gasteiger partial charge on any atom is 0.411 e. The lowest BCUT2D eigenvalue weighted by molar-refractivity contribution is -0.175. The van der Waals surface area contributed by atoms with Crippen molar-refractivity contribution in [3.05, 3.63) is 0 Å². The second-order valence-corrected chi connectivity index (χ2v) is 4.72. The van der Waals surface area contributed by atoms with Crippen LogP contribution in [0.5, 0.6) is 0 Å². The van der Waals surface area contributed by atoms with Crippen LogP contribution >= 0.6 is 0 Å². The zero-order valence-electron chi connectivity index (χ0n) is 10.9. The Labute approximate surface area is 106 Å². The molecular weight excluding hydrogens is 249 g/mol. The van der Waals surface area contributed by atoms with Crippen molar-refractivity contribution in [3.8, 4) is 0 Å². The predicted molar refractivity (Wildman–Crippen MR) is 61.6 cm³/mol. The molecule has 0 amide bonds. The second-order valence-electron chi connectivity index (χ2n) is 4.72. The summed E-state index contributed by atoms with van der Waals surface area (Å²) in [5, 5.41) is 0. The zero-order chi connectivity index (χ0) is 13.6. The third kappa shape index (κ3) is 7.15. The Balaban J connectivity index is 2.14. The van der Waals surface area contributed by atoms with Crippen LogP contribution in [0.25, 0.3) is 0 Å². The van der Waals surface area contributed by atoms with Crippen LogP contribution in [0, 0.1) is 0 Å². The summed E-state index contributed by atoms with van der Waals surface area (Å²) in [6.07, 6.45) is -4.12. The average molecular weight is 270 g/mol. The zero-order valence-corrected chi connectivity index (χ0v) is 10.9. The van der Waals surface area contributed by atoms with E-state index in [-0.39, 0.29) is 12.7 Å². The summed E-state index contributed by atoms with van der Waals surface area (Å²) in [5.74, 6) is 0. The van der Waals surface area contributed by atoms with E-state index in [4.69, 9.17) is 4.74 Å². The fourth-order valence-corrected chi connectivity index (χ4v) is 1.88. The summed E-state index contributed by atoms with van der Waals surface area (Å²) < 4.78 is 45.8. The highest BCUT2D eigenvalue weighted by Crippen LogP contribution is 2.14. The molecule has 0 radical (unpaired) electrons. The van der Waals surface area contributed by atoms with E-state index >= 15 is 0 Å². The average Bonchev–Trinajstić information content (AvgIpc) is 2.23. The van der Waals surface area contributed by atoms with Gasteiger partial charge in [0.1, 0.15) is 6.61 Å². The number of rotatable bonds is 6. The number of alkyl halides is 3. The molecule has 108 valence electrons. The molecule has 1 atom stereocenters. The number of likely N-dealkylation sites (N-methyl/N-ethyl adjacent to an activating group) is 1. The molecule has 1 aliphatic heterocycles. The molecule has 1 fully saturated rings. The highest BCUT2D eigenvalue weighted by atomic mass is 19.4. The first-order chi connectivity index (χ1) is 8.37. The van der Waals surface area contributed by atoms with Crippen LogP contribution in [0.15, 0.2) is 0 Å². The van der Waals surface area contributed by atoms with Crippen LogP contribution in [0.3, 0.4) is 0 Å². The van der Waals surface area contributed by atoms with Crippen LogP contribution in [0.2, 0.25) is 0 Å². The Morgan fingerprint density at radius 3 is 2.72 bits per heavy atom. The number of morpholine rings is 1. The van der Waals surface area contributed by atoms with Crippen molar-refractivity contribution in [2.24, 2.45) is 0 Å². The summed E-state index contributed by atoms with van der Waals surface area (Å²) in [4.78, 5) is 4.11. The summed E-state index contributed by atoms with van der Waals surface area (Å²) in [6, 6.07) is 0. The van der Waals surface area contributed by atoms with Gasteiger partial charge in [-0.2, -0.15) is 13.2 Å². The van der Waals surface area contributed by atoms with Gasteiger partial charge in [-0.15, -0.1) is 0 Å². The first kappa shape index (κ1) is 15.7. The number of halogens is 3. The van der Waals surface area contributed by atoms with Crippen molar-refractivity contribution in [2.45, 2.75) is 12.3 Å². The molecule has 18 heavy (non-hydrogen) atoms. The van der Waals surface area contributed by atoms with Crippen molar-refractivity contribution >= 4 is 0 Å². The van der Waals surface area contributed by atoms with Crippen molar-refractivity contribution in [1.82, 2.24) is 9.80 Å². The van der Waals surface area contributed by atoms with Gasteiger partial charge in [0.25, 0.3) is 0 Å². The van der Waals surface area contributed by atoms with E-state index in [9.17, 15) is 13.2 Å². The Kier molecular flexibility index (Phi) is 6.34. The smallest absolute Gasteiger partial charge is 0.374 e. The number of ether oxygens (including phenoxy) is 2. The minimum absolute atomic E-state index is 0.105. The summed E-state index contributed by atoms with van der Waals surface area (Å²) in [6.45, 7) is 2.39. The molecule has 1 saturated heterocycles. The molecule has 0 aliphatic carbocycles. The molecule has 1 heterocycles. The van der Waals surface area contributed by atoms with Crippen molar-refractivity contribution in [3.63, 3.8) is 0 Å². The Hall–Kier alpha value is -0.370. The summed E-state index contributed by atoms with van der Waals surface area (Å²) >= 11 is 0. The lowest BCUT2D eigenvalue weighted by Gasteiger charge is -2.34. The minimum atomic E-state index is -4.24. The molecule has 0 aromatic heterocycles. The van der Waals surface area contributed by atoms with Gasteiger partial charge < -0.3 is 14.4 Å². The van der Waals surface area contributed by atoms with Gasteiger partial charge >= 0.3 is 6.18 Å². The minimum Gasteiger partial charge on any atom is -0.374 e. The van der Waals surface area contributed by atoms with E-state index < -0.39 is 12.8 Å². The van der Waals surface area contributed by atoms with E-state index in [2.05, 4.69) is 9.64 Å². The van der Waals surface area contributed by atoms with Gasteiger partial charge in [-0.3, -0.25) is 4.90 Å². The molecule has 1 aliphatic rings. The Morgan fingerprint density at radius 1 is 1.39 bits per heavy atom. The third-order valence-electron chi connectivity index (χ3n) is 2.61. The van der Waals surface area contributed by atoms with Crippen LogP contribution in [-0.4, -0.2) is 82.2 Å². The highest BCUT2D eigenvalue weighted by Gasteiger charge is 2.27. The van der Waals surface area contributed by atoms with E-state index in [1.807, 2.05) is 19.0 Å². The maximum absolute atomic E-state index is 11.9. The van der Waals surface area contributed by atoms with Gasteiger partial charge in [-0.25, -0.2) is 0 Å². The van der Waals surface area contributed by atoms with Gasteiger partial charge in [0, 0.05) is 26.2 Å². The molecular formula is C11H21F3N2O2.